The first kappa shape index (κ1) is 19.7. The van der Waals surface area contributed by atoms with Crippen molar-refractivity contribution in [3.63, 3.8) is 0 Å². The maximum Gasteiger partial charge on any atom is 0.243 e. The van der Waals surface area contributed by atoms with Crippen LogP contribution in [-0.4, -0.2) is 48.9 Å². The summed E-state index contributed by atoms with van der Waals surface area (Å²) in [5.74, 6) is -0.455. The van der Waals surface area contributed by atoms with Crippen LogP contribution in [0.25, 0.3) is 0 Å². The molecule has 144 valence electrons. The number of halogens is 1. The van der Waals surface area contributed by atoms with E-state index in [1.165, 1.54) is 22.0 Å². The van der Waals surface area contributed by atoms with Gasteiger partial charge < -0.3 is 10.2 Å². The van der Waals surface area contributed by atoms with Gasteiger partial charge in [-0.3, -0.25) is 0 Å². The Balaban J connectivity index is 1.54. The third kappa shape index (κ3) is 4.82. The number of nitrogens with one attached hydrogen (secondary N) is 1. The number of hydrogen-bond donors (Lipinski definition) is 1. The molecule has 3 rings (SSSR count). The molecule has 0 aliphatic carbocycles. The number of piperazine rings is 1. The van der Waals surface area contributed by atoms with Crippen molar-refractivity contribution >= 4 is 27.4 Å². The van der Waals surface area contributed by atoms with E-state index >= 15 is 0 Å². The lowest BCUT2D eigenvalue weighted by atomic mass is 10.1. The fourth-order valence-electron chi connectivity index (χ4n) is 2.88. The molecule has 0 saturated carbocycles. The summed E-state index contributed by atoms with van der Waals surface area (Å²) < 4.78 is 39.8. The zero-order valence-electron chi connectivity index (χ0n) is 15.1. The van der Waals surface area contributed by atoms with Crippen LogP contribution in [0.5, 0.6) is 0 Å². The molecule has 1 heterocycles. The van der Waals surface area contributed by atoms with E-state index in [-0.39, 0.29) is 4.90 Å². The van der Waals surface area contributed by atoms with Crippen molar-refractivity contribution in [1.29, 1.82) is 0 Å². The topological polar surface area (TPSA) is 52.6 Å². The average Bonchev–Trinajstić information content (AvgIpc) is 2.68. The van der Waals surface area contributed by atoms with Gasteiger partial charge in [-0.15, -0.1) is 0 Å². The monoisotopic (exact) mass is 407 g/mol. The minimum atomic E-state index is -3.61. The van der Waals surface area contributed by atoms with Crippen LogP contribution in [-0.2, 0) is 16.6 Å². The van der Waals surface area contributed by atoms with Crippen LogP contribution >= 0.6 is 12.2 Å². The standard InChI is InChI=1S/C19H22FN3O2S2/c1-15-2-4-16(5-3-15)14-21-19(26)22-10-12-23(13-11-22)27(24,25)18-8-6-17(20)7-9-18/h2-9H,10-14H2,1H3,(H,21,26). The first-order valence-corrected chi connectivity index (χ1v) is 10.5. The predicted molar refractivity (Wildman–Crippen MR) is 107 cm³/mol. The Morgan fingerprint density at radius 1 is 1.04 bits per heavy atom. The first-order valence-electron chi connectivity index (χ1n) is 8.70. The Morgan fingerprint density at radius 2 is 1.63 bits per heavy atom. The molecule has 1 aliphatic rings. The van der Waals surface area contributed by atoms with Crippen molar-refractivity contribution < 1.29 is 12.8 Å². The van der Waals surface area contributed by atoms with Crippen molar-refractivity contribution in [2.24, 2.45) is 0 Å². The summed E-state index contributed by atoms with van der Waals surface area (Å²) in [5.41, 5.74) is 2.35. The molecular weight excluding hydrogens is 385 g/mol. The number of sulfonamides is 1. The van der Waals surface area contributed by atoms with Gasteiger partial charge in [0.05, 0.1) is 4.90 Å². The maximum atomic E-state index is 13.0. The van der Waals surface area contributed by atoms with E-state index in [2.05, 4.69) is 29.6 Å². The van der Waals surface area contributed by atoms with Crippen molar-refractivity contribution in [3.8, 4) is 0 Å². The number of benzene rings is 2. The molecule has 0 amide bonds. The lowest BCUT2D eigenvalue weighted by Gasteiger charge is -2.35. The van der Waals surface area contributed by atoms with E-state index < -0.39 is 15.8 Å². The number of nitrogens with zero attached hydrogens (tertiary/aromatic N) is 2. The van der Waals surface area contributed by atoms with Crippen LogP contribution in [0.15, 0.2) is 53.4 Å². The molecule has 1 N–H and O–H groups in total. The molecule has 1 fully saturated rings. The summed E-state index contributed by atoms with van der Waals surface area (Å²) in [6.45, 7) is 4.38. The molecule has 8 heteroatoms. The SMILES string of the molecule is Cc1ccc(CNC(=S)N2CCN(S(=O)(=O)c3ccc(F)cc3)CC2)cc1. The van der Waals surface area contributed by atoms with Gasteiger partial charge in [-0.1, -0.05) is 29.8 Å². The van der Waals surface area contributed by atoms with Gasteiger partial charge in [0.2, 0.25) is 10.0 Å². The highest BCUT2D eigenvalue weighted by Gasteiger charge is 2.29. The molecule has 0 spiro atoms. The Morgan fingerprint density at radius 3 is 2.22 bits per heavy atom. The smallest absolute Gasteiger partial charge is 0.243 e. The summed E-state index contributed by atoms with van der Waals surface area (Å²) in [7, 11) is -3.61. The Kier molecular flexibility index (Phi) is 6.08. The van der Waals surface area contributed by atoms with Crippen LogP contribution in [0.1, 0.15) is 11.1 Å². The zero-order chi connectivity index (χ0) is 19.4. The molecule has 0 unspecified atom stereocenters. The normalized spacial score (nSPS) is 15.6. The van der Waals surface area contributed by atoms with Gasteiger partial charge in [0.1, 0.15) is 5.82 Å². The minimum absolute atomic E-state index is 0.109. The van der Waals surface area contributed by atoms with E-state index in [0.29, 0.717) is 37.8 Å². The van der Waals surface area contributed by atoms with E-state index in [9.17, 15) is 12.8 Å². The average molecular weight is 408 g/mol. The van der Waals surface area contributed by atoms with Crippen molar-refractivity contribution in [2.75, 3.05) is 26.2 Å². The maximum absolute atomic E-state index is 13.0. The molecule has 0 radical (unpaired) electrons. The number of rotatable bonds is 4. The first-order chi connectivity index (χ1) is 12.9. The molecule has 1 aliphatic heterocycles. The van der Waals surface area contributed by atoms with E-state index in [1.807, 2.05) is 11.8 Å². The Labute approximate surface area is 164 Å². The molecule has 0 aromatic heterocycles. The van der Waals surface area contributed by atoms with Crippen LogP contribution in [0.3, 0.4) is 0 Å². The van der Waals surface area contributed by atoms with Gasteiger partial charge in [0.25, 0.3) is 0 Å². The van der Waals surface area contributed by atoms with Crippen molar-refractivity contribution in [1.82, 2.24) is 14.5 Å². The quantitative estimate of drug-likeness (QED) is 0.790. The van der Waals surface area contributed by atoms with Crippen LogP contribution in [0, 0.1) is 12.7 Å². The third-order valence-electron chi connectivity index (χ3n) is 4.54. The molecule has 0 bridgehead atoms. The summed E-state index contributed by atoms with van der Waals surface area (Å²) in [5, 5.41) is 3.85. The zero-order valence-corrected chi connectivity index (χ0v) is 16.7. The van der Waals surface area contributed by atoms with Crippen LogP contribution in [0.4, 0.5) is 4.39 Å². The van der Waals surface area contributed by atoms with Gasteiger partial charge in [0, 0.05) is 32.7 Å². The molecule has 5 nitrogen and oxygen atoms in total. The summed E-state index contributed by atoms with van der Waals surface area (Å²) in [4.78, 5) is 2.08. The Bertz CT molecular complexity index is 892. The van der Waals surface area contributed by atoms with E-state index in [0.717, 1.165) is 17.7 Å². The van der Waals surface area contributed by atoms with Crippen LogP contribution in [0.2, 0.25) is 0 Å². The number of hydrogen-bond acceptors (Lipinski definition) is 3. The summed E-state index contributed by atoms with van der Waals surface area (Å²) in [6, 6.07) is 13.1. The lowest BCUT2D eigenvalue weighted by Crippen LogP contribution is -2.52. The summed E-state index contributed by atoms with van der Waals surface area (Å²) >= 11 is 5.44. The van der Waals surface area contributed by atoms with Crippen LogP contribution < -0.4 is 5.32 Å². The number of aryl methyl sites for hydroxylation is 1. The van der Waals surface area contributed by atoms with E-state index in [4.69, 9.17) is 12.2 Å². The summed E-state index contributed by atoms with van der Waals surface area (Å²) in [6.07, 6.45) is 0. The molecular formula is C19H22FN3O2S2. The van der Waals surface area contributed by atoms with Gasteiger partial charge in [0.15, 0.2) is 5.11 Å². The van der Waals surface area contributed by atoms with Gasteiger partial charge in [-0.2, -0.15) is 4.31 Å². The second kappa shape index (κ2) is 8.33. The Hall–Kier alpha value is -2.03. The largest absolute Gasteiger partial charge is 0.358 e. The molecule has 0 atom stereocenters. The van der Waals surface area contributed by atoms with Crippen molar-refractivity contribution in [3.05, 3.63) is 65.5 Å². The van der Waals surface area contributed by atoms with Gasteiger partial charge in [-0.05, 0) is 49.0 Å². The highest BCUT2D eigenvalue weighted by molar-refractivity contribution is 7.89. The molecule has 27 heavy (non-hydrogen) atoms. The van der Waals surface area contributed by atoms with Crippen molar-refractivity contribution in [2.45, 2.75) is 18.4 Å². The highest BCUT2D eigenvalue weighted by atomic mass is 32.2. The van der Waals surface area contributed by atoms with E-state index in [1.54, 1.807) is 0 Å². The predicted octanol–water partition coefficient (Wildman–Crippen LogP) is 2.52. The highest BCUT2D eigenvalue weighted by Crippen LogP contribution is 2.18. The number of thiocarbonyl (C=S) groups is 1. The fraction of sp³-hybridized carbons (Fsp3) is 0.316. The molecule has 1 saturated heterocycles. The minimum Gasteiger partial charge on any atom is -0.358 e. The van der Waals surface area contributed by atoms with Gasteiger partial charge in [-0.25, -0.2) is 12.8 Å². The fourth-order valence-corrected chi connectivity index (χ4v) is 4.56. The molecule has 2 aromatic carbocycles. The lowest BCUT2D eigenvalue weighted by molar-refractivity contribution is 0.264. The third-order valence-corrected chi connectivity index (χ3v) is 6.86. The second-order valence-electron chi connectivity index (χ2n) is 6.49. The molecule has 2 aromatic rings. The second-order valence-corrected chi connectivity index (χ2v) is 8.81. The van der Waals surface area contributed by atoms with Gasteiger partial charge >= 0.3 is 0 Å².